The number of amides is 1. The molecular formula is C21H25NO5. The van der Waals surface area contributed by atoms with E-state index in [1.165, 1.54) is 0 Å². The molecule has 1 amide bonds. The fourth-order valence-electron chi connectivity index (χ4n) is 3.16. The lowest BCUT2D eigenvalue weighted by Gasteiger charge is -2.19. The van der Waals surface area contributed by atoms with Crippen LogP contribution in [0, 0.1) is 0 Å². The van der Waals surface area contributed by atoms with Crippen LogP contribution < -0.4 is 14.2 Å². The third-order valence-corrected chi connectivity index (χ3v) is 4.70. The molecule has 0 spiro atoms. The molecule has 3 rings (SSSR count). The van der Waals surface area contributed by atoms with E-state index >= 15 is 0 Å². The van der Waals surface area contributed by atoms with Crippen molar-refractivity contribution in [3.8, 4) is 17.2 Å². The van der Waals surface area contributed by atoms with Crippen molar-refractivity contribution in [2.75, 3.05) is 34.4 Å². The summed E-state index contributed by atoms with van der Waals surface area (Å²) in [7, 11) is 4.77. The quantitative estimate of drug-likeness (QED) is 0.748. The molecule has 0 aliphatic carbocycles. The molecular weight excluding hydrogens is 346 g/mol. The second kappa shape index (κ2) is 8.77. The zero-order valence-corrected chi connectivity index (χ0v) is 15.9. The van der Waals surface area contributed by atoms with Crippen LogP contribution in [-0.2, 0) is 11.3 Å². The van der Waals surface area contributed by atoms with E-state index in [0.717, 1.165) is 12.0 Å². The second-order valence-electron chi connectivity index (χ2n) is 6.38. The van der Waals surface area contributed by atoms with Crippen LogP contribution in [-0.4, -0.2) is 51.3 Å². The molecule has 0 unspecified atom stereocenters. The normalized spacial score (nSPS) is 16.3. The Morgan fingerprint density at radius 1 is 1.07 bits per heavy atom. The molecule has 144 valence electrons. The van der Waals surface area contributed by atoms with E-state index in [1.807, 2.05) is 30.3 Å². The van der Waals surface area contributed by atoms with Gasteiger partial charge in [-0.25, -0.2) is 0 Å². The van der Waals surface area contributed by atoms with Crippen LogP contribution in [0.15, 0.2) is 42.5 Å². The molecule has 1 atom stereocenters. The van der Waals surface area contributed by atoms with Crippen molar-refractivity contribution in [2.24, 2.45) is 0 Å². The highest BCUT2D eigenvalue weighted by atomic mass is 16.5. The number of likely N-dealkylation sites (tertiary alicyclic amines) is 1. The minimum absolute atomic E-state index is 0.0687. The van der Waals surface area contributed by atoms with Gasteiger partial charge in [-0.3, -0.25) is 4.79 Å². The van der Waals surface area contributed by atoms with Gasteiger partial charge < -0.3 is 23.8 Å². The van der Waals surface area contributed by atoms with Crippen molar-refractivity contribution in [3.63, 3.8) is 0 Å². The molecule has 2 aromatic rings. The van der Waals surface area contributed by atoms with Crippen LogP contribution in [0.2, 0.25) is 0 Å². The Kier molecular flexibility index (Phi) is 6.19. The number of carbonyl (C=O) groups is 1. The predicted molar refractivity (Wildman–Crippen MR) is 102 cm³/mol. The molecule has 0 saturated carbocycles. The minimum atomic E-state index is -0.0687. The van der Waals surface area contributed by atoms with Crippen LogP contribution in [0.3, 0.4) is 0 Å². The molecule has 0 N–H and O–H groups in total. The number of nitrogens with zero attached hydrogens (tertiary/aromatic N) is 1. The average molecular weight is 371 g/mol. The van der Waals surface area contributed by atoms with E-state index in [1.54, 1.807) is 38.4 Å². The highest BCUT2D eigenvalue weighted by Crippen LogP contribution is 2.39. The number of hydrogen-bond acceptors (Lipinski definition) is 5. The van der Waals surface area contributed by atoms with E-state index in [0.29, 0.717) is 42.5 Å². The largest absolute Gasteiger partial charge is 0.493 e. The zero-order chi connectivity index (χ0) is 19.2. The van der Waals surface area contributed by atoms with Gasteiger partial charge in [-0.05, 0) is 24.1 Å². The average Bonchev–Trinajstić information content (AvgIpc) is 3.21. The van der Waals surface area contributed by atoms with Crippen molar-refractivity contribution in [3.05, 3.63) is 53.6 Å². The lowest BCUT2D eigenvalue weighted by atomic mass is 10.1. The topological polar surface area (TPSA) is 57.2 Å². The number of methoxy groups -OCH3 is 3. The molecule has 1 aliphatic rings. The van der Waals surface area contributed by atoms with Gasteiger partial charge in [0.2, 0.25) is 5.75 Å². The van der Waals surface area contributed by atoms with E-state index < -0.39 is 0 Å². The van der Waals surface area contributed by atoms with Gasteiger partial charge in [0, 0.05) is 25.8 Å². The maximum atomic E-state index is 12.9. The Morgan fingerprint density at radius 2 is 1.74 bits per heavy atom. The Labute approximate surface area is 159 Å². The molecule has 1 aliphatic heterocycles. The summed E-state index contributed by atoms with van der Waals surface area (Å²) in [6, 6.07) is 13.2. The Hall–Kier alpha value is -2.73. The molecule has 1 heterocycles. The minimum Gasteiger partial charge on any atom is -0.493 e. The summed E-state index contributed by atoms with van der Waals surface area (Å²) in [5.41, 5.74) is 1.54. The number of benzene rings is 2. The standard InChI is InChI=1S/C21H25NO5/c1-24-17-9-10-22(13-17)21(23)16-11-18(25-2)20(19(12-16)26-3)27-14-15-7-5-4-6-8-15/h4-8,11-12,17H,9-10,13-14H2,1-3H3/t17-/m1/s1. The molecule has 27 heavy (non-hydrogen) atoms. The second-order valence-corrected chi connectivity index (χ2v) is 6.38. The van der Waals surface area contributed by atoms with Gasteiger partial charge in [0.05, 0.1) is 20.3 Å². The SMILES string of the molecule is COc1cc(C(=O)N2CC[C@@H](OC)C2)cc(OC)c1OCc1ccccc1. The monoisotopic (exact) mass is 371 g/mol. The number of hydrogen-bond donors (Lipinski definition) is 0. The highest BCUT2D eigenvalue weighted by Gasteiger charge is 2.28. The van der Waals surface area contributed by atoms with Gasteiger partial charge in [0.25, 0.3) is 5.91 Å². The first-order valence-corrected chi connectivity index (χ1v) is 8.91. The Morgan fingerprint density at radius 3 is 2.30 bits per heavy atom. The first-order valence-electron chi connectivity index (χ1n) is 8.91. The van der Waals surface area contributed by atoms with Crippen LogP contribution in [0.1, 0.15) is 22.3 Å². The molecule has 0 radical (unpaired) electrons. The summed E-state index contributed by atoms with van der Waals surface area (Å²) in [6.45, 7) is 1.64. The van der Waals surface area contributed by atoms with Crippen molar-refractivity contribution in [1.82, 2.24) is 4.90 Å². The molecule has 1 saturated heterocycles. The number of carbonyl (C=O) groups excluding carboxylic acids is 1. The first-order chi connectivity index (χ1) is 13.2. The number of rotatable bonds is 7. The van der Waals surface area contributed by atoms with Crippen LogP contribution in [0.25, 0.3) is 0 Å². The van der Waals surface area contributed by atoms with Crippen molar-refractivity contribution in [2.45, 2.75) is 19.1 Å². The summed E-state index contributed by atoms with van der Waals surface area (Å²) in [6.07, 6.45) is 0.931. The van der Waals surface area contributed by atoms with Gasteiger partial charge in [-0.15, -0.1) is 0 Å². The van der Waals surface area contributed by atoms with Crippen molar-refractivity contribution >= 4 is 5.91 Å². The van der Waals surface area contributed by atoms with E-state index in [2.05, 4.69) is 0 Å². The summed E-state index contributed by atoms with van der Waals surface area (Å²) >= 11 is 0. The van der Waals surface area contributed by atoms with Gasteiger partial charge in [0.1, 0.15) is 6.61 Å². The van der Waals surface area contributed by atoms with Gasteiger partial charge in [0.15, 0.2) is 11.5 Å². The van der Waals surface area contributed by atoms with Crippen LogP contribution >= 0.6 is 0 Å². The lowest BCUT2D eigenvalue weighted by molar-refractivity contribution is 0.0723. The molecule has 1 fully saturated rings. The van der Waals surface area contributed by atoms with Gasteiger partial charge in [-0.1, -0.05) is 30.3 Å². The Balaban J connectivity index is 1.82. The van der Waals surface area contributed by atoms with Crippen molar-refractivity contribution < 1.29 is 23.7 Å². The fraction of sp³-hybridized carbons (Fsp3) is 0.381. The fourth-order valence-corrected chi connectivity index (χ4v) is 3.16. The maximum absolute atomic E-state index is 12.9. The smallest absolute Gasteiger partial charge is 0.254 e. The molecule has 6 nitrogen and oxygen atoms in total. The summed E-state index contributed by atoms with van der Waals surface area (Å²) in [5, 5.41) is 0. The Bertz CT molecular complexity index is 752. The van der Waals surface area contributed by atoms with E-state index in [4.69, 9.17) is 18.9 Å². The highest BCUT2D eigenvalue weighted by molar-refractivity contribution is 5.95. The first kappa shape index (κ1) is 19.0. The lowest BCUT2D eigenvalue weighted by Crippen LogP contribution is -2.30. The van der Waals surface area contributed by atoms with E-state index in [-0.39, 0.29) is 12.0 Å². The molecule has 2 aromatic carbocycles. The van der Waals surface area contributed by atoms with E-state index in [9.17, 15) is 4.79 Å². The summed E-state index contributed by atoms with van der Waals surface area (Å²) < 4.78 is 22.2. The van der Waals surface area contributed by atoms with Crippen LogP contribution in [0.5, 0.6) is 17.2 Å². The van der Waals surface area contributed by atoms with Gasteiger partial charge in [-0.2, -0.15) is 0 Å². The molecule has 0 aromatic heterocycles. The number of ether oxygens (including phenoxy) is 4. The third-order valence-electron chi connectivity index (χ3n) is 4.70. The third kappa shape index (κ3) is 4.34. The van der Waals surface area contributed by atoms with Crippen LogP contribution in [0.4, 0.5) is 0 Å². The van der Waals surface area contributed by atoms with Gasteiger partial charge >= 0.3 is 0 Å². The van der Waals surface area contributed by atoms with Crippen molar-refractivity contribution in [1.29, 1.82) is 0 Å². The summed E-state index contributed by atoms with van der Waals surface area (Å²) in [4.78, 5) is 14.6. The molecule has 0 bridgehead atoms. The maximum Gasteiger partial charge on any atom is 0.254 e. The zero-order valence-electron chi connectivity index (χ0n) is 15.9. The molecule has 6 heteroatoms. The summed E-state index contributed by atoms with van der Waals surface area (Å²) in [5.74, 6) is 1.35. The predicted octanol–water partition coefficient (Wildman–Crippen LogP) is 3.14.